The van der Waals surface area contributed by atoms with Crippen molar-refractivity contribution in [1.29, 1.82) is 0 Å². The largest absolute Gasteiger partial charge is 0.445 e. The second-order valence-corrected chi connectivity index (χ2v) is 5.01. The standard InChI is InChI=1S/C15H22N2O2/c18-15(19-12-13-6-2-1-3-7-13)17-11-14-8-4-5-9-16-10-14/h1-3,6-7,14,16H,4-5,8-12H2,(H,17,18)/t14-/m1/s1. The molecule has 2 N–H and O–H groups in total. The molecule has 19 heavy (non-hydrogen) atoms. The fourth-order valence-electron chi connectivity index (χ4n) is 2.27. The Morgan fingerprint density at radius 3 is 3.00 bits per heavy atom. The average molecular weight is 262 g/mol. The van der Waals surface area contributed by atoms with Gasteiger partial charge in [-0.25, -0.2) is 4.79 Å². The maximum Gasteiger partial charge on any atom is 0.407 e. The predicted octanol–water partition coefficient (Wildman–Crippen LogP) is 2.30. The molecule has 0 bridgehead atoms. The number of benzene rings is 1. The maximum atomic E-state index is 11.6. The third-order valence-electron chi connectivity index (χ3n) is 3.40. The molecule has 0 aliphatic carbocycles. The van der Waals surface area contributed by atoms with Crippen LogP contribution in [0.4, 0.5) is 4.79 Å². The van der Waals surface area contributed by atoms with Gasteiger partial charge in [0, 0.05) is 6.54 Å². The Bertz CT molecular complexity index is 373. The number of hydrogen-bond acceptors (Lipinski definition) is 3. The van der Waals surface area contributed by atoms with Crippen molar-refractivity contribution in [1.82, 2.24) is 10.6 Å². The normalized spacial score (nSPS) is 19.5. The first-order valence-electron chi connectivity index (χ1n) is 7.00. The fraction of sp³-hybridized carbons (Fsp3) is 0.533. The van der Waals surface area contributed by atoms with E-state index in [1.54, 1.807) is 0 Å². The fourth-order valence-corrected chi connectivity index (χ4v) is 2.27. The summed E-state index contributed by atoms with van der Waals surface area (Å²) in [5.74, 6) is 0.520. The molecule has 1 aromatic carbocycles. The first kappa shape index (κ1) is 13.9. The van der Waals surface area contributed by atoms with Gasteiger partial charge in [-0.05, 0) is 37.4 Å². The quantitative estimate of drug-likeness (QED) is 0.875. The van der Waals surface area contributed by atoms with E-state index in [-0.39, 0.29) is 6.09 Å². The van der Waals surface area contributed by atoms with Gasteiger partial charge in [0.05, 0.1) is 0 Å². The molecule has 1 fully saturated rings. The number of hydrogen-bond donors (Lipinski definition) is 2. The molecule has 104 valence electrons. The molecular weight excluding hydrogens is 240 g/mol. The van der Waals surface area contributed by atoms with Crippen molar-refractivity contribution in [2.24, 2.45) is 5.92 Å². The minimum Gasteiger partial charge on any atom is -0.445 e. The van der Waals surface area contributed by atoms with Gasteiger partial charge in [-0.15, -0.1) is 0 Å². The zero-order chi connectivity index (χ0) is 13.3. The van der Waals surface area contributed by atoms with Crippen LogP contribution in [-0.2, 0) is 11.3 Å². The number of rotatable bonds is 4. The van der Waals surface area contributed by atoms with Gasteiger partial charge in [0.1, 0.15) is 6.61 Å². The second-order valence-electron chi connectivity index (χ2n) is 5.01. The number of nitrogens with one attached hydrogen (secondary N) is 2. The van der Waals surface area contributed by atoms with Crippen molar-refractivity contribution in [3.63, 3.8) is 0 Å². The summed E-state index contributed by atoms with van der Waals surface area (Å²) in [6.45, 7) is 3.10. The molecule has 2 rings (SSSR count). The van der Waals surface area contributed by atoms with Gasteiger partial charge < -0.3 is 15.4 Å². The zero-order valence-corrected chi connectivity index (χ0v) is 11.2. The van der Waals surface area contributed by atoms with E-state index < -0.39 is 0 Å². The van der Waals surface area contributed by atoms with Crippen molar-refractivity contribution < 1.29 is 9.53 Å². The molecule has 0 radical (unpaired) electrons. The van der Waals surface area contributed by atoms with Crippen LogP contribution in [0.1, 0.15) is 24.8 Å². The lowest BCUT2D eigenvalue weighted by Crippen LogP contribution is -2.33. The summed E-state index contributed by atoms with van der Waals surface area (Å²) in [7, 11) is 0. The van der Waals surface area contributed by atoms with Gasteiger partial charge in [-0.2, -0.15) is 0 Å². The highest BCUT2D eigenvalue weighted by Crippen LogP contribution is 2.10. The van der Waals surface area contributed by atoms with E-state index in [2.05, 4.69) is 10.6 Å². The highest BCUT2D eigenvalue weighted by molar-refractivity contribution is 5.67. The summed E-state index contributed by atoms with van der Waals surface area (Å²) < 4.78 is 5.18. The molecule has 0 unspecified atom stereocenters. The van der Waals surface area contributed by atoms with Gasteiger partial charge >= 0.3 is 6.09 Å². The van der Waals surface area contributed by atoms with E-state index in [0.717, 1.165) is 18.7 Å². The van der Waals surface area contributed by atoms with Crippen LogP contribution in [0.2, 0.25) is 0 Å². The number of ether oxygens (including phenoxy) is 1. The van der Waals surface area contributed by atoms with Crippen molar-refractivity contribution in [2.45, 2.75) is 25.9 Å². The summed E-state index contributed by atoms with van der Waals surface area (Å²) in [6, 6.07) is 9.72. The molecule has 1 heterocycles. The summed E-state index contributed by atoms with van der Waals surface area (Å²) in [4.78, 5) is 11.6. The molecule has 0 saturated carbocycles. The second kappa shape index (κ2) is 7.79. The molecule has 1 atom stereocenters. The van der Waals surface area contributed by atoms with Crippen LogP contribution in [0.15, 0.2) is 30.3 Å². The first-order chi connectivity index (χ1) is 9.34. The van der Waals surface area contributed by atoms with Crippen LogP contribution in [0, 0.1) is 5.92 Å². The van der Waals surface area contributed by atoms with Crippen molar-refractivity contribution in [3.05, 3.63) is 35.9 Å². The third-order valence-corrected chi connectivity index (χ3v) is 3.40. The molecule has 4 heteroatoms. The maximum absolute atomic E-state index is 11.6. The van der Waals surface area contributed by atoms with E-state index in [9.17, 15) is 4.79 Å². The van der Waals surface area contributed by atoms with E-state index >= 15 is 0 Å². The van der Waals surface area contributed by atoms with Crippen LogP contribution < -0.4 is 10.6 Å². The predicted molar refractivity (Wildman–Crippen MR) is 74.8 cm³/mol. The minimum absolute atomic E-state index is 0.326. The average Bonchev–Trinajstić information content (AvgIpc) is 2.73. The molecule has 1 aromatic rings. The van der Waals surface area contributed by atoms with Gasteiger partial charge in [-0.1, -0.05) is 36.8 Å². The molecule has 1 aliphatic rings. The van der Waals surface area contributed by atoms with Crippen molar-refractivity contribution >= 4 is 6.09 Å². The Morgan fingerprint density at radius 1 is 1.32 bits per heavy atom. The summed E-state index contributed by atoms with van der Waals surface area (Å²) in [6.07, 6.45) is 3.31. The first-order valence-corrected chi connectivity index (χ1v) is 7.00. The van der Waals surface area contributed by atoms with E-state index in [0.29, 0.717) is 19.1 Å². The van der Waals surface area contributed by atoms with Crippen LogP contribution in [0.25, 0.3) is 0 Å². The third kappa shape index (κ3) is 5.30. The van der Waals surface area contributed by atoms with Gasteiger partial charge in [0.25, 0.3) is 0 Å². The van der Waals surface area contributed by atoms with Crippen molar-refractivity contribution in [2.75, 3.05) is 19.6 Å². The summed E-state index contributed by atoms with van der Waals surface area (Å²) in [5, 5.41) is 6.24. The number of carbonyl (C=O) groups is 1. The van der Waals surface area contributed by atoms with E-state index in [1.165, 1.54) is 19.3 Å². The van der Waals surface area contributed by atoms with Crippen LogP contribution >= 0.6 is 0 Å². The van der Waals surface area contributed by atoms with Crippen LogP contribution in [-0.4, -0.2) is 25.7 Å². The van der Waals surface area contributed by atoms with Gasteiger partial charge in [0.2, 0.25) is 0 Å². The molecule has 0 spiro atoms. The van der Waals surface area contributed by atoms with Gasteiger partial charge in [-0.3, -0.25) is 0 Å². The lowest BCUT2D eigenvalue weighted by molar-refractivity contribution is 0.138. The number of amides is 1. The summed E-state index contributed by atoms with van der Waals surface area (Å²) in [5.41, 5.74) is 1.01. The Labute approximate surface area is 114 Å². The molecule has 4 nitrogen and oxygen atoms in total. The minimum atomic E-state index is -0.326. The Morgan fingerprint density at radius 2 is 2.16 bits per heavy atom. The topological polar surface area (TPSA) is 50.4 Å². The Hall–Kier alpha value is -1.55. The Kier molecular flexibility index (Phi) is 5.69. The van der Waals surface area contributed by atoms with Crippen LogP contribution in [0.3, 0.4) is 0 Å². The molecule has 1 aliphatic heterocycles. The van der Waals surface area contributed by atoms with Gasteiger partial charge in [0.15, 0.2) is 0 Å². The van der Waals surface area contributed by atoms with E-state index in [1.807, 2.05) is 30.3 Å². The molecule has 1 saturated heterocycles. The number of carbonyl (C=O) groups excluding carboxylic acids is 1. The highest BCUT2D eigenvalue weighted by Gasteiger charge is 2.13. The molecular formula is C15H22N2O2. The highest BCUT2D eigenvalue weighted by atomic mass is 16.5. The summed E-state index contributed by atoms with van der Waals surface area (Å²) >= 11 is 0. The zero-order valence-electron chi connectivity index (χ0n) is 11.2. The lowest BCUT2D eigenvalue weighted by atomic mass is 10.0. The molecule has 1 amide bonds. The number of alkyl carbamates (subject to hydrolysis) is 1. The van der Waals surface area contributed by atoms with Crippen LogP contribution in [0.5, 0.6) is 0 Å². The smallest absolute Gasteiger partial charge is 0.407 e. The lowest BCUT2D eigenvalue weighted by Gasteiger charge is -2.15. The Balaban J connectivity index is 1.64. The molecule has 0 aromatic heterocycles. The monoisotopic (exact) mass is 262 g/mol. The van der Waals surface area contributed by atoms with E-state index in [4.69, 9.17) is 4.74 Å². The van der Waals surface area contributed by atoms with Crippen molar-refractivity contribution in [3.8, 4) is 0 Å². The SMILES string of the molecule is O=C(NC[C@@H]1CCCCNC1)OCc1ccccc1.